The van der Waals surface area contributed by atoms with Gasteiger partial charge in [-0.2, -0.15) is 0 Å². The summed E-state index contributed by atoms with van der Waals surface area (Å²) < 4.78 is 0. The van der Waals surface area contributed by atoms with Gasteiger partial charge < -0.3 is 0 Å². The third-order valence-electron chi connectivity index (χ3n) is 7.65. The van der Waals surface area contributed by atoms with E-state index in [0.717, 1.165) is 38.8 Å². The molecule has 2 heteroatoms. The zero-order valence-electron chi connectivity index (χ0n) is 20.6. The summed E-state index contributed by atoms with van der Waals surface area (Å²) in [6.45, 7) is 0. The number of rotatable bonds is 2. The molecule has 2 nitrogen and oxygen atoms in total. The first-order valence-corrected chi connectivity index (χ1v) is 12.9. The van der Waals surface area contributed by atoms with Gasteiger partial charge in [0, 0.05) is 33.3 Å². The molecule has 0 unspecified atom stereocenters. The van der Waals surface area contributed by atoms with Crippen molar-refractivity contribution in [2.24, 2.45) is 0 Å². The summed E-state index contributed by atoms with van der Waals surface area (Å²) in [7, 11) is 0. The first-order chi connectivity index (χ1) is 18.8. The normalized spacial score (nSPS) is 11.7. The van der Waals surface area contributed by atoms with Gasteiger partial charge in [-0.1, -0.05) is 103 Å². The average Bonchev–Trinajstić information content (AvgIpc) is 3.00. The average molecular weight is 483 g/mol. The van der Waals surface area contributed by atoms with Crippen LogP contribution in [0.5, 0.6) is 0 Å². The molecular formula is C36H22N2. The molecule has 0 saturated carbocycles. The molecule has 0 saturated heterocycles. The summed E-state index contributed by atoms with van der Waals surface area (Å²) in [5, 5.41) is 9.82. The van der Waals surface area contributed by atoms with Crippen molar-refractivity contribution in [3.63, 3.8) is 0 Å². The molecule has 0 amide bonds. The van der Waals surface area contributed by atoms with Gasteiger partial charge in [0.25, 0.3) is 0 Å². The molecule has 0 N–H and O–H groups in total. The number of aromatic nitrogens is 2. The molecule has 0 radical (unpaired) electrons. The summed E-state index contributed by atoms with van der Waals surface area (Å²) in [6, 6.07) is 45.3. The second kappa shape index (κ2) is 8.22. The Bertz CT molecular complexity index is 2190. The van der Waals surface area contributed by atoms with Gasteiger partial charge in [-0.25, -0.2) is 4.98 Å². The van der Waals surface area contributed by atoms with Gasteiger partial charge in [0.15, 0.2) is 0 Å². The van der Waals surface area contributed by atoms with Crippen LogP contribution in [0.15, 0.2) is 134 Å². The fourth-order valence-electron chi connectivity index (χ4n) is 5.93. The molecule has 8 rings (SSSR count). The van der Waals surface area contributed by atoms with E-state index in [2.05, 4.69) is 126 Å². The molecule has 6 aromatic carbocycles. The molecular weight excluding hydrogens is 460 g/mol. The summed E-state index contributed by atoms with van der Waals surface area (Å²) in [5.41, 5.74) is 6.45. The van der Waals surface area contributed by atoms with Gasteiger partial charge in [0.2, 0.25) is 0 Å². The van der Waals surface area contributed by atoms with E-state index in [1.54, 1.807) is 0 Å². The minimum Gasteiger partial charge on any atom is -0.256 e. The van der Waals surface area contributed by atoms with Crippen LogP contribution in [-0.4, -0.2) is 9.97 Å². The van der Waals surface area contributed by atoms with Crippen LogP contribution in [0.4, 0.5) is 0 Å². The van der Waals surface area contributed by atoms with Crippen LogP contribution >= 0.6 is 0 Å². The summed E-state index contributed by atoms with van der Waals surface area (Å²) >= 11 is 0. The molecule has 2 heterocycles. The molecule has 0 aliphatic carbocycles. The number of para-hydroxylation sites is 1. The van der Waals surface area contributed by atoms with Crippen LogP contribution < -0.4 is 0 Å². The third-order valence-corrected chi connectivity index (χ3v) is 7.65. The monoisotopic (exact) mass is 482 g/mol. The fraction of sp³-hybridized carbons (Fsp3) is 0. The van der Waals surface area contributed by atoms with Gasteiger partial charge >= 0.3 is 0 Å². The van der Waals surface area contributed by atoms with Crippen LogP contribution in [0.2, 0.25) is 0 Å². The number of hydrogen-bond acceptors (Lipinski definition) is 2. The fourth-order valence-corrected chi connectivity index (χ4v) is 5.93. The first-order valence-electron chi connectivity index (χ1n) is 12.9. The lowest BCUT2D eigenvalue weighted by molar-refractivity contribution is 1.41. The van der Waals surface area contributed by atoms with Crippen molar-refractivity contribution in [1.29, 1.82) is 0 Å². The Kier molecular flexibility index (Phi) is 4.55. The van der Waals surface area contributed by atoms with E-state index in [1.807, 2.05) is 12.3 Å². The lowest BCUT2D eigenvalue weighted by atomic mass is 9.89. The van der Waals surface area contributed by atoms with Crippen LogP contribution in [0.1, 0.15) is 0 Å². The topological polar surface area (TPSA) is 25.8 Å². The Balaban J connectivity index is 1.49. The van der Waals surface area contributed by atoms with Gasteiger partial charge in [-0.05, 0) is 56.9 Å². The second-order valence-corrected chi connectivity index (χ2v) is 9.81. The van der Waals surface area contributed by atoms with Crippen molar-refractivity contribution in [1.82, 2.24) is 9.97 Å². The number of pyridine rings is 2. The van der Waals surface area contributed by atoms with E-state index in [-0.39, 0.29) is 0 Å². The highest BCUT2D eigenvalue weighted by molar-refractivity contribution is 6.33. The smallest absolute Gasteiger partial charge is 0.0794 e. The molecule has 0 aliphatic rings. The van der Waals surface area contributed by atoms with E-state index in [4.69, 9.17) is 4.98 Å². The van der Waals surface area contributed by atoms with Crippen molar-refractivity contribution in [3.05, 3.63) is 134 Å². The van der Waals surface area contributed by atoms with E-state index < -0.39 is 0 Å². The maximum atomic E-state index is 5.30. The van der Waals surface area contributed by atoms with E-state index >= 15 is 0 Å². The Labute approximate surface area is 219 Å². The first kappa shape index (κ1) is 21.0. The molecule has 0 spiro atoms. The number of nitrogens with zero attached hydrogens (tertiary/aromatic N) is 2. The molecule has 0 bridgehead atoms. The van der Waals surface area contributed by atoms with Crippen LogP contribution in [0, 0.1) is 0 Å². The van der Waals surface area contributed by atoms with Crippen molar-refractivity contribution < 1.29 is 0 Å². The Morgan fingerprint density at radius 2 is 1.05 bits per heavy atom. The van der Waals surface area contributed by atoms with Crippen molar-refractivity contribution in [2.75, 3.05) is 0 Å². The molecule has 38 heavy (non-hydrogen) atoms. The molecule has 2 aromatic heterocycles. The van der Waals surface area contributed by atoms with Crippen LogP contribution in [-0.2, 0) is 0 Å². The van der Waals surface area contributed by atoms with E-state index in [9.17, 15) is 0 Å². The quantitative estimate of drug-likeness (QED) is 0.229. The summed E-state index contributed by atoms with van der Waals surface area (Å²) in [5.74, 6) is 0. The lowest BCUT2D eigenvalue weighted by Crippen LogP contribution is -1.93. The van der Waals surface area contributed by atoms with Crippen LogP contribution in [0.3, 0.4) is 0 Å². The Morgan fingerprint density at radius 3 is 1.87 bits per heavy atom. The zero-order valence-corrected chi connectivity index (χ0v) is 20.6. The SMILES string of the molecule is c1cc(-c2ccc3cccnc3c2)cc(-c2nc3ccccc3c3c4ccccc4c4ccccc4c23)c1. The summed E-state index contributed by atoms with van der Waals surface area (Å²) in [4.78, 5) is 9.88. The minimum absolute atomic E-state index is 1.00. The van der Waals surface area contributed by atoms with Crippen molar-refractivity contribution >= 4 is 54.1 Å². The largest absolute Gasteiger partial charge is 0.256 e. The van der Waals surface area contributed by atoms with E-state index in [1.165, 1.54) is 37.7 Å². The highest BCUT2D eigenvalue weighted by Crippen LogP contribution is 2.43. The summed E-state index contributed by atoms with van der Waals surface area (Å²) in [6.07, 6.45) is 1.85. The predicted octanol–water partition coefficient (Wildman–Crippen LogP) is 9.58. The highest BCUT2D eigenvalue weighted by Gasteiger charge is 2.17. The maximum Gasteiger partial charge on any atom is 0.0794 e. The standard InChI is InChI=1S/C36H22N2/c1-3-14-29-27(12-1)28-13-2-4-15-30(28)35-34(29)31-16-5-6-17-32(31)38-36(35)26-10-7-9-24(21-26)25-19-18-23-11-8-20-37-33(23)22-25/h1-22H. The van der Waals surface area contributed by atoms with Crippen molar-refractivity contribution in [2.45, 2.75) is 0 Å². The minimum atomic E-state index is 1.00. The third kappa shape index (κ3) is 3.14. The van der Waals surface area contributed by atoms with Gasteiger partial charge in [0.1, 0.15) is 0 Å². The number of fused-ring (bicyclic) bond motifs is 9. The molecule has 8 aromatic rings. The Morgan fingerprint density at radius 1 is 0.395 bits per heavy atom. The maximum absolute atomic E-state index is 5.30. The highest BCUT2D eigenvalue weighted by atomic mass is 14.7. The zero-order chi connectivity index (χ0) is 25.1. The number of hydrogen-bond donors (Lipinski definition) is 0. The molecule has 176 valence electrons. The molecule has 0 atom stereocenters. The predicted molar refractivity (Wildman–Crippen MR) is 160 cm³/mol. The van der Waals surface area contributed by atoms with Gasteiger partial charge in [-0.3, -0.25) is 4.98 Å². The van der Waals surface area contributed by atoms with Crippen molar-refractivity contribution in [3.8, 4) is 22.4 Å². The van der Waals surface area contributed by atoms with Gasteiger partial charge in [0.05, 0.1) is 16.7 Å². The number of benzene rings is 6. The van der Waals surface area contributed by atoms with Crippen LogP contribution in [0.25, 0.3) is 76.5 Å². The second-order valence-electron chi connectivity index (χ2n) is 9.81. The van der Waals surface area contributed by atoms with Gasteiger partial charge in [-0.15, -0.1) is 0 Å². The molecule has 0 fully saturated rings. The van der Waals surface area contributed by atoms with E-state index in [0.29, 0.717) is 0 Å². The Hall–Kier alpha value is -5.08. The molecule has 0 aliphatic heterocycles. The lowest BCUT2D eigenvalue weighted by Gasteiger charge is -2.16.